The molecule has 25 heavy (non-hydrogen) atoms. The van der Waals surface area contributed by atoms with Crippen LogP contribution in [0.1, 0.15) is 26.7 Å². The maximum atomic E-state index is 13.2. The molecule has 0 aromatic heterocycles. The van der Waals surface area contributed by atoms with Crippen LogP contribution in [0.5, 0.6) is 5.75 Å². The number of nitrogens with zero attached hydrogens (tertiary/aromatic N) is 1. The maximum Gasteiger partial charge on any atom is 0.191 e. The number of rotatable bonds is 10. The van der Waals surface area contributed by atoms with E-state index in [1.165, 1.54) is 18.4 Å². The molecule has 0 aliphatic rings. The quantitative estimate of drug-likeness (QED) is 0.372. The van der Waals surface area contributed by atoms with Crippen LogP contribution in [0.3, 0.4) is 0 Å². The zero-order valence-electron chi connectivity index (χ0n) is 15.1. The van der Waals surface area contributed by atoms with E-state index in [-0.39, 0.29) is 17.7 Å². The highest BCUT2D eigenvalue weighted by Crippen LogP contribution is 2.15. The van der Waals surface area contributed by atoms with Gasteiger partial charge in [-0.05, 0) is 31.9 Å². The highest BCUT2D eigenvalue weighted by molar-refractivity contribution is 7.90. The molecule has 1 aromatic carbocycles. The van der Waals surface area contributed by atoms with Crippen LogP contribution in [0.2, 0.25) is 0 Å². The Hall–Kier alpha value is -1.83. The van der Waals surface area contributed by atoms with Crippen LogP contribution in [0.15, 0.2) is 29.3 Å². The summed E-state index contributed by atoms with van der Waals surface area (Å²) in [4.78, 5) is 4.46. The zero-order valence-corrected chi connectivity index (χ0v) is 15.9. The van der Waals surface area contributed by atoms with Crippen LogP contribution in [-0.4, -0.2) is 52.1 Å². The summed E-state index contributed by atoms with van der Waals surface area (Å²) in [5.41, 5.74) is 0. The number of sulfone groups is 1. The van der Waals surface area contributed by atoms with Crippen molar-refractivity contribution in [2.45, 2.75) is 32.8 Å². The largest absolute Gasteiger partial charge is 0.488 e. The van der Waals surface area contributed by atoms with Crippen molar-refractivity contribution in [1.29, 1.82) is 0 Å². The molecule has 0 fully saturated rings. The molecule has 0 amide bonds. The van der Waals surface area contributed by atoms with Gasteiger partial charge >= 0.3 is 0 Å². The van der Waals surface area contributed by atoms with Gasteiger partial charge in [-0.15, -0.1) is 0 Å². The SMILES string of the molecule is CCNC(=NCC(CC)Oc1cccc(F)c1)NCCCS(C)(=O)=O. The monoisotopic (exact) mass is 373 g/mol. The fourth-order valence-corrected chi connectivity index (χ4v) is 2.73. The number of aliphatic imine (C=N–C) groups is 1. The molecular formula is C17H28FN3O3S. The Labute approximate surface area is 149 Å². The predicted octanol–water partition coefficient (Wildman–Crippen LogP) is 1.97. The molecule has 8 heteroatoms. The van der Waals surface area contributed by atoms with Gasteiger partial charge in [-0.3, -0.25) is 0 Å². The molecule has 1 unspecified atom stereocenters. The average molecular weight is 373 g/mol. The fraction of sp³-hybridized carbons (Fsp3) is 0.588. The van der Waals surface area contributed by atoms with Crippen LogP contribution in [0, 0.1) is 5.82 Å². The van der Waals surface area contributed by atoms with Crippen molar-refractivity contribution in [3.05, 3.63) is 30.1 Å². The molecule has 0 bridgehead atoms. The second-order valence-corrected chi connectivity index (χ2v) is 8.00. The Bertz CT molecular complexity index is 650. The third kappa shape index (κ3) is 9.91. The first-order valence-corrected chi connectivity index (χ1v) is 10.5. The van der Waals surface area contributed by atoms with Gasteiger partial charge in [-0.2, -0.15) is 0 Å². The van der Waals surface area contributed by atoms with Gasteiger partial charge in [0.25, 0.3) is 0 Å². The van der Waals surface area contributed by atoms with Crippen LogP contribution in [0.4, 0.5) is 4.39 Å². The summed E-state index contributed by atoms with van der Waals surface area (Å²) in [7, 11) is -2.95. The van der Waals surface area contributed by atoms with Gasteiger partial charge in [-0.1, -0.05) is 13.0 Å². The zero-order chi connectivity index (χ0) is 18.7. The molecule has 0 heterocycles. The van der Waals surface area contributed by atoms with Crippen molar-refractivity contribution in [2.24, 2.45) is 4.99 Å². The first-order valence-electron chi connectivity index (χ1n) is 8.46. The van der Waals surface area contributed by atoms with Crippen molar-refractivity contribution in [1.82, 2.24) is 10.6 Å². The third-order valence-corrected chi connectivity index (χ3v) is 4.37. The summed E-state index contributed by atoms with van der Waals surface area (Å²) in [6, 6.07) is 6.04. The Morgan fingerprint density at radius 3 is 2.68 bits per heavy atom. The van der Waals surface area contributed by atoms with Crippen LogP contribution >= 0.6 is 0 Å². The molecular weight excluding hydrogens is 345 g/mol. The van der Waals surface area contributed by atoms with Crippen molar-refractivity contribution in [3.8, 4) is 5.75 Å². The molecule has 142 valence electrons. The summed E-state index contributed by atoms with van der Waals surface area (Å²) < 4.78 is 41.3. The highest BCUT2D eigenvalue weighted by atomic mass is 32.2. The Balaban J connectivity index is 2.55. The predicted molar refractivity (Wildman–Crippen MR) is 99.4 cm³/mol. The van der Waals surface area contributed by atoms with Gasteiger partial charge in [0.2, 0.25) is 0 Å². The molecule has 0 spiro atoms. The summed E-state index contributed by atoms with van der Waals surface area (Å²) >= 11 is 0. The second kappa shape index (κ2) is 10.9. The summed E-state index contributed by atoms with van der Waals surface area (Å²) in [5.74, 6) is 0.891. The number of hydrogen-bond donors (Lipinski definition) is 2. The molecule has 1 aromatic rings. The number of nitrogens with one attached hydrogen (secondary N) is 2. The smallest absolute Gasteiger partial charge is 0.191 e. The molecule has 0 saturated carbocycles. The van der Waals surface area contributed by atoms with E-state index in [2.05, 4.69) is 15.6 Å². The Morgan fingerprint density at radius 1 is 1.32 bits per heavy atom. The highest BCUT2D eigenvalue weighted by Gasteiger charge is 2.09. The van der Waals surface area contributed by atoms with E-state index in [4.69, 9.17) is 4.74 Å². The van der Waals surface area contributed by atoms with Crippen LogP contribution in [0.25, 0.3) is 0 Å². The lowest BCUT2D eigenvalue weighted by molar-refractivity contribution is 0.205. The molecule has 1 rings (SSSR count). The molecule has 0 saturated heterocycles. The third-order valence-electron chi connectivity index (χ3n) is 3.34. The second-order valence-electron chi connectivity index (χ2n) is 5.74. The van der Waals surface area contributed by atoms with Gasteiger partial charge in [0, 0.05) is 25.4 Å². The fourth-order valence-electron chi connectivity index (χ4n) is 2.06. The van der Waals surface area contributed by atoms with Crippen molar-refractivity contribution < 1.29 is 17.5 Å². The molecule has 0 aliphatic carbocycles. The number of guanidine groups is 1. The van der Waals surface area contributed by atoms with E-state index in [1.807, 2.05) is 13.8 Å². The van der Waals surface area contributed by atoms with Crippen molar-refractivity contribution >= 4 is 15.8 Å². The van der Waals surface area contributed by atoms with E-state index >= 15 is 0 Å². The van der Waals surface area contributed by atoms with Gasteiger partial charge < -0.3 is 15.4 Å². The summed E-state index contributed by atoms with van der Waals surface area (Å²) in [6.07, 6.45) is 2.30. The molecule has 0 radical (unpaired) electrons. The minimum atomic E-state index is -2.95. The van der Waals surface area contributed by atoms with Crippen LogP contribution in [-0.2, 0) is 9.84 Å². The van der Waals surface area contributed by atoms with Gasteiger partial charge in [0.1, 0.15) is 27.5 Å². The first-order chi connectivity index (χ1) is 11.8. The van der Waals surface area contributed by atoms with E-state index < -0.39 is 9.84 Å². The van der Waals surface area contributed by atoms with Gasteiger partial charge in [-0.25, -0.2) is 17.8 Å². The number of benzene rings is 1. The summed E-state index contributed by atoms with van der Waals surface area (Å²) in [6.45, 7) is 5.55. The lowest BCUT2D eigenvalue weighted by Crippen LogP contribution is -2.39. The van der Waals surface area contributed by atoms with E-state index in [1.54, 1.807) is 12.1 Å². The average Bonchev–Trinajstić information content (AvgIpc) is 2.54. The van der Waals surface area contributed by atoms with Crippen molar-refractivity contribution in [2.75, 3.05) is 31.6 Å². The molecule has 0 aliphatic heterocycles. The van der Waals surface area contributed by atoms with Crippen molar-refractivity contribution in [3.63, 3.8) is 0 Å². The minimum Gasteiger partial charge on any atom is -0.488 e. The summed E-state index contributed by atoms with van der Waals surface area (Å²) in [5, 5.41) is 6.21. The van der Waals surface area contributed by atoms with Crippen LogP contribution < -0.4 is 15.4 Å². The lowest BCUT2D eigenvalue weighted by Gasteiger charge is -2.17. The maximum absolute atomic E-state index is 13.2. The minimum absolute atomic E-state index is 0.139. The molecule has 2 N–H and O–H groups in total. The standard InChI is InChI=1S/C17H28FN3O3S/c1-4-15(24-16-9-6-8-14(18)12-16)13-21-17(19-5-2)20-10-7-11-25(3,22)23/h6,8-9,12,15H,4-5,7,10-11,13H2,1-3H3,(H2,19,20,21). The normalized spacial score (nSPS) is 13.4. The topological polar surface area (TPSA) is 79.8 Å². The Kier molecular flexibility index (Phi) is 9.26. The van der Waals surface area contributed by atoms with Gasteiger partial charge in [0.15, 0.2) is 5.96 Å². The van der Waals surface area contributed by atoms with E-state index in [0.717, 1.165) is 6.42 Å². The van der Waals surface area contributed by atoms with Gasteiger partial charge in [0.05, 0.1) is 12.3 Å². The molecule has 1 atom stereocenters. The first kappa shape index (κ1) is 21.2. The Morgan fingerprint density at radius 2 is 2.08 bits per heavy atom. The van der Waals surface area contributed by atoms with E-state index in [0.29, 0.717) is 37.8 Å². The molecule has 6 nitrogen and oxygen atoms in total. The number of halogens is 1. The number of ether oxygens (including phenoxy) is 1. The lowest BCUT2D eigenvalue weighted by atomic mass is 10.2. The number of hydrogen-bond acceptors (Lipinski definition) is 4. The van der Waals surface area contributed by atoms with E-state index in [9.17, 15) is 12.8 Å².